The van der Waals surface area contributed by atoms with Crippen LogP contribution in [0.2, 0.25) is 0 Å². The predicted molar refractivity (Wildman–Crippen MR) is 66.4 cm³/mol. The second kappa shape index (κ2) is 5.48. The molecule has 3 nitrogen and oxygen atoms in total. The third-order valence-corrected chi connectivity index (χ3v) is 4.11. The first kappa shape index (κ1) is 12.3. The number of rotatable bonds is 1. The Labute approximate surface area is 99.3 Å². The van der Waals surface area contributed by atoms with E-state index < -0.39 is 0 Å². The third-order valence-electron chi connectivity index (χ3n) is 4.11. The summed E-state index contributed by atoms with van der Waals surface area (Å²) in [6.07, 6.45) is 6.86. The van der Waals surface area contributed by atoms with E-state index in [1.54, 1.807) is 0 Å². The van der Waals surface area contributed by atoms with Crippen LogP contribution in [0.25, 0.3) is 0 Å². The van der Waals surface area contributed by atoms with Gasteiger partial charge in [-0.15, -0.1) is 0 Å². The highest BCUT2D eigenvalue weighted by Crippen LogP contribution is 2.25. The fraction of sp³-hybridized carbons (Fsp3) is 1.00. The fourth-order valence-electron chi connectivity index (χ4n) is 3.12. The molecule has 1 saturated carbocycles. The first-order valence-corrected chi connectivity index (χ1v) is 6.81. The second-order valence-corrected chi connectivity index (χ2v) is 5.56. The Morgan fingerprint density at radius 1 is 1.12 bits per heavy atom. The average Bonchev–Trinajstić information content (AvgIpc) is 2.47. The van der Waals surface area contributed by atoms with Crippen molar-refractivity contribution in [3.05, 3.63) is 0 Å². The van der Waals surface area contributed by atoms with Crippen LogP contribution in [0.5, 0.6) is 0 Å². The summed E-state index contributed by atoms with van der Waals surface area (Å²) in [6.45, 7) is 6.36. The molecule has 2 N–H and O–H groups in total. The number of ether oxygens (including phenoxy) is 1. The Morgan fingerprint density at radius 3 is 2.69 bits per heavy atom. The standard InChI is InChI=1S/C13H26N2O/c1-10-9-16-11(2)8-15(10)13-7-5-3-4-6-12(13)14/h10-13H,3-9,14H2,1-2H3. The lowest BCUT2D eigenvalue weighted by Crippen LogP contribution is -2.57. The second-order valence-electron chi connectivity index (χ2n) is 5.56. The molecule has 0 aromatic carbocycles. The minimum absolute atomic E-state index is 0.367. The maximum atomic E-state index is 6.34. The molecule has 16 heavy (non-hydrogen) atoms. The van der Waals surface area contributed by atoms with Crippen molar-refractivity contribution in [3.8, 4) is 0 Å². The van der Waals surface area contributed by atoms with Gasteiger partial charge in [-0.25, -0.2) is 0 Å². The van der Waals surface area contributed by atoms with Gasteiger partial charge in [-0.05, 0) is 26.7 Å². The zero-order chi connectivity index (χ0) is 11.5. The highest BCUT2D eigenvalue weighted by atomic mass is 16.5. The van der Waals surface area contributed by atoms with E-state index in [0.29, 0.717) is 24.2 Å². The van der Waals surface area contributed by atoms with Crippen LogP contribution in [0.3, 0.4) is 0 Å². The van der Waals surface area contributed by atoms with Crippen LogP contribution in [-0.4, -0.2) is 42.3 Å². The van der Waals surface area contributed by atoms with Crippen LogP contribution < -0.4 is 5.73 Å². The summed E-state index contributed by atoms with van der Waals surface area (Å²) in [6, 6.07) is 1.49. The predicted octanol–water partition coefficient (Wildman–Crippen LogP) is 1.76. The lowest BCUT2D eigenvalue weighted by molar-refractivity contribution is -0.0705. The Kier molecular flexibility index (Phi) is 4.22. The van der Waals surface area contributed by atoms with Crippen molar-refractivity contribution in [2.24, 2.45) is 5.73 Å². The molecule has 1 aliphatic heterocycles. The minimum Gasteiger partial charge on any atom is -0.376 e. The normalized spacial score (nSPS) is 42.9. The van der Waals surface area contributed by atoms with Crippen molar-refractivity contribution >= 4 is 0 Å². The zero-order valence-corrected chi connectivity index (χ0v) is 10.7. The summed E-state index contributed by atoms with van der Waals surface area (Å²) in [5.41, 5.74) is 6.34. The monoisotopic (exact) mass is 226 g/mol. The molecule has 3 heteroatoms. The van der Waals surface area contributed by atoms with E-state index in [1.807, 2.05) is 0 Å². The Morgan fingerprint density at radius 2 is 1.88 bits per heavy atom. The van der Waals surface area contributed by atoms with E-state index in [0.717, 1.165) is 13.2 Å². The first-order chi connectivity index (χ1) is 7.68. The molecule has 0 radical (unpaired) electrons. The van der Waals surface area contributed by atoms with E-state index >= 15 is 0 Å². The largest absolute Gasteiger partial charge is 0.376 e. The summed E-state index contributed by atoms with van der Waals surface area (Å²) in [5.74, 6) is 0. The summed E-state index contributed by atoms with van der Waals surface area (Å²) in [5, 5.41) is 0. The van der Waals surface area contributed by atoms with Gasteiger partial charge in [0.25, 0.3) is 0 Å². The van der Waals surface area contributed by atoms with Gasteiger partial charge in [0, 0.05) is 24.7 Å². The van der Waals surface area contributed by atoms with Gasteiger partial charge in [0.1, 0.15) is 0 Å². The fourth-order valence-corrected chi connectivity index (χ4v) is 3.12. The van der Waals surface area contributed by atoms with E-state index in [4.69, 9.17) is 10.5 Å². The molecule has 0 spiro atoms. The molecular formula is C13H26N2O. The highest BCUT2D eigenvalue weighted by Gasteiger charge is 2.33. The number of nitrogens with zero attached hydrogens (tertiary/aromatic N) is 1. The molecule has 4 unspecified atom stereocenters. The van der Waals surface area contributed by atoms with Crippen molar-refractivity contribution in [3.63, 3.8) is 0 Å². The number of nitrogens with two attached hydrogens (primary N) is 1. The average molecular weight is 226 g/mol. The van der Waals surface area contributed by atoms with E-state index in [1.165, 1.54) is 32.1 Å². The molecular weight excluding hydrogens is 200 g/mol. The Hall–Kier alpha value is -0.120. The van der Waals surface area contributed by atoms with Crippen LogP contribution in [-0.2, 0) is 4.74 Å². The number of morpholine rings is 1. The maximum absolute atomic E-state index is 6.34. The van der Waals surface area contributed by atoms with Crippen molar-refractivity contribution in [2.75, 3.05) is 13.2 Å². The summed E-state index contributed by atoms with van der Waals surface area (Å²) >= 11 is 0. The summed E-state index contributed by atoms with van der Waals surface area (Å²) in [7, 11) is 0. The van der Waals surface area contributed by atoms with Gasteiger partial charge in [-0.3, -0.25) is 4.90 Å². The molecule has 2 aliphatic rings. The molecule has 1 aliphatic carbocycles. The molecule has 0 aromatic rings. The van der Waals surface area contributed by atoms with Crippen molar-refractivity contribution in [2.45, 2.75) is 70.2 Å². The van der Waals surface area contributed by atoms with Gasteiger partial charge in [0.05, 0.1) is 12.7 Å². The molecule has 1 heterocycles. The van der Waals surface area contributed by atoms with Crippen LogP contribution >= 0.6 is 0 Å². The quantitative estimate of drug-likeness (QED) is 0.692. The molecule has 1 saturated heterocycles. The van der Waals surface area contributed by atoms with Gasteiger partial charge in [-0.2, -0.15) is 0 Å². The van der Waals surface area contributed by atoms with E-state index in [2.05, 4.69) is 18.7 Å². The Balaban J connectivity index is 2.02. The lowest BCUT2D eigenvalue weighted by atomic mass is 9.99. The molecule has 0 bridgehead atoms. The molecule has 2 fully saturated rings. The molecule has 2 rings (SSSR count). The van der Waals surface area contributed by atoms with Crippen molar-refractivity contribution in [1.29, 1.82) is 0 Å². The number of hydrogen-bond donors (Lipinski definition) is 1. The van der Waals surface area contributed by atoms with Gasteiger partial charge in [0.15, 0.2) is 0 Å². The lowest BCUT2D eigenvalue weighted by Gasteiger charge is -2.43. The molecule has 94 valence electrons. The van der Waals surface area contributed by atoms with E-state index in [-0.39, 0.29) is 0 Å². The van der Waals surface area contributed by atoms with Crippen LogP contribution in [0.4, 0.5) is 0 Å². The van der Waals surface area contributed by atoms with Crippen LogP contribution in [0.15, 0.2) is 0 Å². The van der Waals surface area contributed by atoms with Crippen molar-refractivity contribution < 1.29 is 4.74 Å². The van der Waals surface area contributed by atoms with Crippen LogP contribution in [0, 0.1) is 0 Å². The smallest absolute Gasteiger partial charge is 0.0674 e. The molecule has 0 amide bonds. The number of hydrogen-bond acceptors (Lipinski definition) is 3. The minimum atomic E-state index is 0.367. The zero-order valence-electron chi connectivity index (χ0n) is 10.7. The topological polar surface area (TPSA) is 38.5 Å². The molecule has 4 atom stereocenters. The van der Waals surface area contributed by atoms with Gasteiger partial charge < -0.3 is 10.5 Å². The third kappa shape index (κ3) is 2.76. The summed E-state index contributed by atoms with van der Waals surface area (Å²) < 4.78 is 5.70. The van der Waals surface area contributed by atoms with Gasteiger partial charge in [-0.1, -0.05) is 19.3 Å². The van der Waals surface area contributed by atoms with Crippen molar-refractivity contribution in [1.82, 2.24) is 4.90 Å². The van der Waals surface area contributed by atoms with Gasteiger partial charge in [0.2, 0.25) is 0 Å². The first-order valence-electron chi connectivity index (χ1n) is 6.81. The molecule has 0 aromatic heterocycles. The highest BCUT2D eigenvalue weighted by molar-refractivity contribution is 4.89. The maximum Gasteiger partial charge on any atom is 0.0674 e. The van der Waals surface area contributed by atoms with E-state index in [9.17, 15) is 0 Å². The Bertz CT molecular complexity index is 222. The van der Waals surface area contributed by atoms with Gasteiger partial charge >= 0.3 is 0 Å². The summed E-state index contributed by atoms with van der Waals surface area (Å²) in [4.78, 5) is 2.60. The SMILES string of the molecule is CC1CN(C2CCCCCC2N)C(C)CO1. The van der Waals surface area contributed by atoms with Crippen LogP contribution in [0.1, 0.15) is 46.0 Å².